The summed E-state index contributed by atoms with van der Waals surface area (Å²) >= 11 is 6.06. The molecule has 2 aromatic rings. The maximum absolute atomic E-state index is 12.9. The maximum atomic E-state index is 12.9. The van der Waals surface area contributed by atoms with Crippen LogP contribution in [0, 0.1) is 5.82 Å². The minimum atomic E-state index is -0.316. The summed E-state index contributed by atoms with van der Waals surface area (Å²) in [7, 11) is 0. The molecule has 1 atom stereocenters. The van der Waals surface area contributed by atoms with Crippen LogP contribution in [0.2, 0.25) is 5.02 Å². The first-order valence-corrected chi connectivity index (χ1v) is 8.72. The van der Waals surface area contributed by atoms with E-state index in [4.69, 9.17) is 11.6 Å². The summed E-state index contributed by atoms with van der Waals surface area (Å²) in [6.45, 7) is 5.17. The van der Waals surface area contributed by atoms with Crippen molar-refractivity contribution >= 4 is 28.9 Å². The molecule has 0 radical (unpaired) electrons. The number of nitrogens with one attached hydrogen (secondary N) is 1. The van der Waals surface area contributed by atoms with Crippen molar-refractivity contribution in [3.05, 3.63) is 59.4 Å². The minimum absolute atomic E-state index is 0.0807. The second kappa shape index (κ2) is 7.85. The van der Waals surface area contributed by atoms with Crippen molar-refractivity contribution in [2.75, 3.05) is 36.4 Å². The zero-order valence-corrected chi connectivity index (χ0v) is 14.8. The lowest BCUT2D eigenvalue weighted by molar-refractivity contribution is -0.120. The highest BCUT2D eigenvalue weighted by molar-refractivity contribution is 6.30. The fraction of sp³-hybridized carbons (Fsp3) is 0.316. The average molecular weight is 362 g/mol. The molecule has 1 N–H and O–H groups in total. The van der Waals surface area contributed by atoms with Crippen LogP contribution in [-0.4, -0.2) is 43.0 Å². The standard InChI is InChI=1S/C19H21ClFN3O/c1-14(19(25)22-17-7-5-16(21)6-8-17)23-9-11-24(12-10-23)18-4-2-3-15(20)13-18/h2-8,13-14H,9-12H2,1H3,(H,22,25)/t14-/m0/s1. The Morgan fingerprint density at radius 2 is 1.80 bits per heavy atom. The number of rotatable bonds is 4. The van der Waals surface area contributed by atoms with Gasteiger partial charge in [0.25, 0.3) is 0 Å². The third kappa shape index (κ3) is 4.50. The Balaban J connectivity index is 1.54. The largest absolute Gasteiger partial charge is 0.369 e. The minimum Gasteiger partial charge on any atom is -0.369 e. The molecule has 3 rings (SSSR count). The van der Waals surface area contributed by atoms with Gasteiger partial charge < -0.3 is 10.2 Å². The summed E-state index contributed by atoms with van der Waals surface area (Å²) in [5, 5.41) is 3.57. The van der Waals surface area contributed by atoms with Crippen molar-refractivity contribution in [2.24, 2.45) is 0 Å². The molecule has 1 fully saturated rings. The number of carbonyl (C=O) groups is 1. The van der Waals surface area contributed by atoms with Crippen LogP contribution in [0.3, 0.4) is 0 Å². The zero-order valence-electron chi connectivity index (χ0n) is 14.1. The lowest BCUT2D eigenvalue weighted by Crippen LogP contribution is -2.52. The van der Waals surface area contributed by atoms with Crippen molar-refractivity contribution in [3.8, 4) is 0 Å². The number of piperazine rings is 1. The number of carbonyl (C=O) groups excluding carboxylic acids is 1. The van der Waals surface area contributed by atoms with Gasteiger partial charge in [0, 0.05) is 42.6 Å². The Labute approximate surface area is 152 Å². The van der Waals surface area contributed by atoms with Crippen LogP contribution in [0.25, 0.3) is 0 Å². The van der Waals surface area contributed by atoms with Gasteiger partial charge in [-0.05, 0) is 49.4 Å². The zero-order chi connectivity index (χ0) is 17.8. The Bertz CT molecular complexity index is 730. The third-order valence-electron chi connectivity index (χ3n) is 4.53. The highest BCUT2D eigenvalue weighted by Crippen LogP contribution is 2.21. The van der Waals surface area contributed by atoms with Crippen LogP contribution in [-0.2, 0) is 4.79 Å². The molecule has 0 bridgehead atoms. The first-order valence-electron chi connectivity index (χ1n) is 8.34. The van der Waals surface area contributed by atoms with Crippen LogP contribution in [0.15, 0.2) is 48.5 Å². The second-order valence-electron chi connectivity index (χ2n) is 6.18. The van der Waals surface area contributed by atoms with E-state index >= 15 is 0 Å². The van der Waals surface area contributed by atoms with Crippen LogP contribution >= 0.6 is 11.6 Å². The molecule has 1 amide bonds. The van der Waals surface area contributed by atoms with E-state index in [-0.39, 0.29) is 17.8 Å². The topological polar surface area (TPSA) is 35.6 Å². The van der Waals surface area contributed by atoms with E-state index < -0.39 is 0 Å². The number of halogens is 2. The quantitative estimate of drug-likeness (QED) is 0.903. The first-order chi connectivity index (χ1) is 12.0. The molecule has 132 valence electrons. The number of benzene rings is 2. The van der Waals surface area contributed by atoms with Crippen LogP contribution < -0.4 is 10.2 Å². The molecular weight excluding hydrogens is 341 g/mol. The van der Waals surface area contributed by atoms with E-state index in [1.54, 1.807) is 12.1 Å². The van der Waals surface area contributed by atoms with Gasteiger partial charge in [-0.25, -0.2) is 4.39 Å². The van der Waals surface area contributed by atoms with Gasteiger partial charge in [-0.3, -0.25) is 9.69 Å². The Kier molecular flexibility index (Phi) is 5.56. The van der Waals surface area contributed by atoms with Gasteiger partial charge in [0.15, 0.2) is 0 Å². The van der Waals surface area contributed by atoms with Crippen molar-refractivity contribution in [2.45, 2.75) is 13.0 Å². The number of hydrogen-bond donors (Lipinski definition) is 1. The molecule has 4 nitrogen and oxygen atoms in total. The highest BCUT2D eigenvalue weighted by atomic mass is 35.5. The highest BCUT2D eigenvalue weighted by Gasteiger charge is 2.25. The Hall–Kier alpha value is -2.11. The monoisotopic (exact) mass is 361 g/mol. The molecular formula is C19H21ClFN3O. The van der Waals surface area contributed by atoms with Gasteiger partial charge in [0.2, 0.25) is 5.91 Å². The Morgan fingerprint density at radius 1 is 1.12 bits per heavy atom. The summed E-state index contributed by atoms with van der Waals surface area (Å²) in [6, 6.07) is 13.4. The van der Waals surface area contributed by atoms with E-state index in [9.17, 15) is 9.18 Å². The van der Waals surface area contributed by atoms with Crippen LogP contribution in [0.4, 0.5) is 15.8 Å². The molecule has 1 saturated heterocycles. The summed E-state index contributed by atoms with van der Waals surface area (Å²) in [5.41, 5.74) is 1.71. The molecule has 25 heavy (non-hydrogen) atoms. The molecule has 1 aliphatic rings. The molecule has 0 aliphatic carbocycles. The number of nitrogens with zero attached hydrogens (tertiary/aromatic N) is 2. The number of anilines is 2. The van der Waals surface area contributed by atoms with E-state index in [2.05, 4.69) is 15.1 Å². The van der Waals surface area contributed by atoms with Gasteiger partial charge >= 0.3 is 0 Å². The summed E-state index contributed by atoms with van der Waals surface area (Å²) in [6.07, 6.45) is 0. The van der Waals surface area contributed by atoms with Crippen LogP contribution in [0.1, 0.15) is 6.92 Å². The van der Waals surface area contributed by atoms with Crippen molar-refractivity contribution in [3.63, 3.8) is 0 Å². The smallest absolute Gasteiger partial charge is 0.241 e. The van der Waals surface area contributed by atoms with E-state index in [0.717, 1.165) is 36.9 Å². The molecule has 2 aromatic carbocycles. The lowest BCUT2D eigenvalue weighted by atomic mass is 10.2. The van der Waals surface area contributed by atoms with Gasteiger partial charge in [-0.1, -0.05) is 17.7 Å². The molecule has 6 heteroatoms. The molecule has 0 saturated carbocycles. The molecule has 1 aliphatic heterocycles. The molecule has 0 aromatic heterocycles. The Morgan fingerprint density at radius 3 is 2.44 bits per heavy atom. The van der Waals surface area contributed by atoms with Gasteiger partial charge in [-0.2, -0.15) is 0 Å². The van der Waals surface area contributed by atoms with Gasteiger partial charge in [-0.15, -0.1) is 0 Å². The summed E-state index contributed by atoms with van der Waals surface area (Å²) in [5.74, 6) is -0.397. The van der Waals surface area contributed by atoms with Crippen molar-refractivity contribution in [1.29, 1.82) is 0 Å². The SMILES string of the molecule is C[C@@H](C(=O)Nc1ccc(F)cc1)N1CCN(c2cccc(Cl)c2)CC1. The average Bonchev–Trinajstić information content (AvgIpc) is 2.63. The second-order valence-corrected chi connectivity index (χ2v) is 6.61. The fourth-order valence-corrected chi connectivity index (χ4v) is 3.17. The number of amides is 1. The number of hydrogen-bond acceptors (Lipinski definition) is 3. The van der Waals surface area contributed by atoms with Crippen LogP contribution in [0.5, 0.6) is 0 Å². The van der Waals surface area contributed by atoms with E-state index in [1.807, 2.05) is 31.2 Å². The third-order valence-corrected chi connectivity index (χ3v) is 4.76. The summed E-state index contributed by atoms with van der Waals surface area (Å²) < 4.78 is 12.9. The predicted octanol–water partition coefficient (Wildman–Crippen LogP) is 3.63. The van der Waals surface area contributed by atoms with E-state index in [0.29, 0.717) is 5.69 Å². The molecule has 0 unspecified atom stereocenters. The van der Waals surface area contributed by atoms with Crippen molar-refractivity contribution in [1.82, 2.24) is 4.90 Å². The predicted molar refractivity (Wildman–Crippen MR) is 99.7 cm³/mol. The van der Waals surface area contributed by atoms with E-state index in [1.165, 1.54) is 12.1 Å². The lowest BCUT2D eigenvalue weighted by Gasteiger charge is -2.38. The normalized spacial score (nSPS) is 16.5. The maximum Gasteiger partial charge on any atom is 0.241 e. The van der Waals surface area contributed by atoms with Crippen molar-refractivity contribution < 1.29 is 9.18 Å². The first kappa shape index (κ1) is 17.7. The van der Waals surface area contributed by atoms with Gasteiger partial charge in [0.05, 0.1) is 6.04 Å². The fourth-order valence-electron chi connectivity index (χ4n) is 2.99. The van der Waals surface area contributed by atoms with Gasteiger partial charge in [0.1, 0.15) is 5.82 Å². The molecule has 1 heterocycles. The molecule has 0 spiro atoms. The summed E-state index contributed by atoms with van der Waals surface area (Å²) in [4.78, 5) is 16.8.